The monoisotopic (exact) mass is 511 g/mol. The number of hydrogen-bond donors (Lipinski definition) is 2. The summed E-state index contributed by atoms with van der Waals surface area (Å²) in [6.45, 7) is 5.34. The minimum Gasteiger partial charge on any atom is -0.357 e. The van der Waals surface area contributed by atoms with Crippen molar-refractivity contribution in [2.24, 2.45) is 4.99 Å². The minimum atomic E-state index is -0.321. The molecule has 0 aliphatic rings. The second-order valence-electron chi connectivity index (χ2n) is 6.31. The predicted octanol–water partition coefficient (Wildman–Crippen LogP) is 4.33. The van der Waals surface area contributed by atoms with Gasteiger partial charge in [-0.25, -0.2) is 18.8 Å². The second kappa shape index (κ2) is 10.9. The molecule has 3 aromatic rings. The van der Waals surface area contributed by atoms with Crippen molar-refractivity contribution in [3.8, 4) is 5.69 Å². The fourth-order valence-corrected chi connectivity index (χ4v) is 2.78. The van der Waals surface area contributed by atoms with Gasteiger partial charge in [0.25, 0.3) is 0 Å². The van der Waals surface area contributed by atoms with E-state index in [1.165, 1.54) is 18.2 Å². The van der Waals surface area contributed by atoms with Crippen molar-refractivity contribution in [1.82, 2.24) is 20.2 Å². The lowest BCUT2D eigenvalue weighted by Gasteiger charge is -2.12. The highest BCUT2D eigenvalue weighted by Gasteiger charge is 2.08. The van der Waals surface area contributed by atoms with Gasteiger partial charge >= 0.3 is 0 Å². The van der Waals surface area contributed by atoms with E-state index in [0.29, 0.717) is 31.3 Å². The van der Waals surface area contributed by atoms with Gasteiger partial charge in [0.1, 0.15) is 17.5 Å². The molecule has 0 atom stereocenters. The van der Waals surface area contributed by atoms with Crippen LogP contribution in [0.1, 0.15) is 23.9 Å². The van der Waals surface area contributed by atoms with Gasteiger partial charge in [-0.3, -0.25) is 0 Å². The van der Waals surface area contributed by atoms with Crippen LogP contribution in [0, 0.1) is 18.6 Å². The van der Waals surface area contributed by atoms with Gasteiger partial charge in [0.05, 0.1) is 12.2 Å². The summed E-state index contributed by atoms with van der Waals surface area (Å²) >= 11 is 0. The van der Waals surface area contributed by atoms with Crippen LogP contribution in [0.5, 0.6) is 0 Å². The Kier molecular flexibility index (Phi) is 8.56. The van der Waals surface area contributed by atoms with Crippen molar-refractivity contribution in [2.45, 2.75) is 26.9 Å². The van der Waals surface area contributed by atoms with Crippen LogP contribution < -0.4 is 10.6 Å². The summed E-state index contributed by atoms with van der Waals surface area (Å²) in [7, 11) is 0. The van der Waals surface area contributed by atoms with Crippen molar-refractivity contribution in [3.05, 3.63) is 83.4 Å². The SMILES string of the molecule is CCNC(=NCc1ccc(-n2ccnc2C)c(F)c1)NCc1ccc(F)cc1.I. The summed E-state index contributed by atoms with van der Waals surface area (Å²) in [4.78, 5) is 8.63. The van der Waals surface area contributed by atoms with Crippen LogP contribution in [-0.2, 0) is 13.1 Å². The zero-order chi connectivity index (χ0) is 19.9. The summed E-state index contributed by atoms with van der Waals surface area (Å²) in [5.41, 5.74) is 2.17. The van der Waals surface area contributed by atoms with Gasteiger partial charge in [-0.2, -0.15) is 0 Å². The number of guanidine groups is 1. The molecule has 154 valence electrons. The first kappa shape index (κ1) is 22.8. The molecule has 0 spiro atoms. The summed E-state index contributed by atoms with van der Waals surface area (Å²) in [5.74, 6) is 0.754. The highest BCUT2D eigenvalue weighted by atomic mass is 127. The summed E-state index contributed by atoms with van der Waals surface area (Å²) in [6, 6.07) is 11.4. The van der Waals surface area contributed by atoms with Crippen LogP contribution >= 0.6 is 24.0 Å². The Morgan fingerprint density at radius 1 is 1.07 bits per heavy atom. The molecule has 0 aliphatic heterocycles. The average molecular weight is 511 g/mol. The van der Waals surface area contributed by atoms with E-state index in [2.05, 4.69) is 20.6 Å². The number of aliphatic imine (C=N–C) groups is 1. The second-order valence-corrected chi connectivity index (χ2v) is 6.31. The van der Waals surface area contributed by atoms with Crippen LogP contribution in [0.15, 0.2) is 59.9 Å². The first-order valence-electron chi connectivity index (χ1n) is 9.12. The minimum absolute atomic E-state index is 0. The Balaban J connectivity index is 0.00000300. The average Bonchev–Trinajstić information content (AvgIpc) is 3.11. The van der Waals surface area contributed by atoms with Crippen LogP contribution in [-0.4, -0.2) is 22.1 Å². The standard InChI is InChI=1S/C21H23F2N5.HI/c1-3-24-21(26-13-16-4-7-18(22)8-5-16)27-14-17-6-9-20(19(23)12-17)28-11-10-25-15(28)2;/h4-12H,3,13-14H2,1-2H3,(H2,24,26,27);1H. The van der Waals surface area contributed by atoms with Gasteiger partial charge in [0.2, 0.25) is 0 Å². The molecular formula is C21H24F2IN5. The Hall–Kier alpha value is -2.49. The molecule has 8 heteroatoms. The smallest absolute Gasteiger partial charge is 0.191 e. The van der Waals surface area contributed by atoms with Crippen molar-refractivity contribution in [1.29, 1.82) is 0 Å². The third kappa shape index (κ3) is 6.25. The number of hydrogen-bond acceptors (Lipinski definition) is 2. The van der Waals surface area contributed by atoms with Crippen molar-refractivity contribution >= 4 is 29.9 Å². The molecule has 29 heavy (non-hydrogen) atoms. The highest BCUT2D eigenvalue weighted by Crippen LogP contribution is 2.17. The maximum Gasteiger partial charge on any atom is 0.191 e. The van der Waals surface area contributed by atoms with Crippen LogP contribution in [0.4, 0.5) is 8.78 Å². The molecule has 1 aromatic heterocycles. The van der Waals surface area contributed by atoms with Crippen molar-refractivity contribution < 1.29 is 8.78 Å². The van der Waals surface area contributed by atoms with E-state index >= 15 is 0 Å². The fraction of sp³-hybridized carbons (Fsp3) is 0.238. The third-order valence-electron chi connectivity index (χ3n) is 4.23. The van der Waals surface area contributed by atoms with Crippen LogP contribution in [0.3, 0.4) is 0 Å². The van der Waals surface area contributed by atoms with E-state index in [1.54, 1.807) is 35.2 Å². The van der Waals surface area contributed by atoms with Gasteiger partial charge in [0.15, 0.2) is 5.96 Å². The number of aryl methyl sites for hydroxylation is 1. The number of aromatic nitrogens is 2. The van der Waals surface area contributed by atoms with E-state index in [-0.39, 0.29) is 35.6 Å². The molecule has 0 saturated carbocycles. The maximum atomic E-state index is 14.5. The Morgan fingerprint density at radius 2 is 1.79 bits per heavy atom. The van der Waals surface area contributed by atoms with Crippen molar-refractivity contribution in [2.75, 3.05) is 6.54 Å². The first-order valence-corrected chi connectivity index (χ1v) is 9.12. The summed E-state index contributed by atoms with van der Waals surface area (Å²) in [6.07, 6.45) is 3.37. The molecule has 1 heterocycles. The lowest BCUT2D eigenvalue weighted by atomic mass is 10.2. The van der Waals surface area contributed by atoms with E-state index in [1.807, 2.05) is 19.9 Å². The molecule has 0 fully saturated rings. The number of benzene rings is 2. The summed E-state index contributed by atoms with van der Waals surface area (Å²) in [5, 5.41) is 6.34. The Labute approximate surface area is 186 Å². The van der Waals surface area contributed by atoms with E-state index in [4.69, 9.17) is 0 Å². The molecule has 5 nitrogen and oxygen atoms in total. The maximum absolute atomic E-state index is 14.5. The quantitative estimate of drug-likeness (QED) is 0.294. The molecule has 2 aromatic carbocycles. The number of imidazole rings is 1. The summed E-state index contributed by atoms with van der Waals surface area (Å²) < 4.78 is 29.2. The molecule has 2 N–H and O–H groups in total. The largest absolute Gasteiger partial charge is 0.357 e. The van der Waals surface area contributed by atoms with E-state index in [9.17, 15) is 8.78 Å². The molecule has 0 radical (unpaired) electrons. The number of halogens is 3. The fourth-order valence-electron chi connectivity index (χ4n) is 2.78. The Morgan fingerprint density at radius 3 is 2.41 bits per heavy atom. The van der Waals surface area contributed by atoms with Gasteiger partial charge in [-0.05, 0) is 49.2 Å². The molecule has 0 bridgehead atoms. The van der Waals surface area contributed by atoms with E-state index < -0.39 is 0 Å². The molecular weight excluding hydrogens is 487 g/mol. The first-order chi connectivity index (χ1) is 13.6. The number of nitrogens with zero attached hydrogens (tertiary/aromatic N) is 3. The highest BCUT2D eigenvalue weighted by molar-refractivity contribution is 14.0. The van der Waals surface area contributed by atoms with E-state index in [0.717, 1.165) is 17.0 Å². The topological polar surface area (TPSA) is 54.2 Å². The van der Waals surface area contributed by atoms with Gasteiger partial charge in [0, 0.05) is 25.5 Å². The predicted molar refractivity (Wildman–Crippen MR) is 122 cm³/mol. The molecule has 0 unspecified atom stereocenters. The lowest BCUT2D eigenvalue weighted by molar-refractivity contribution is 0.614. The molecule has 0 saturated heterocycles. The number of nitrogens with one attached hydrogen (secondary N) is 2. The molecule has 0 amide bonds. The van der Waals surface area contributed by atoms with Gasteiger partial charge < -0.3 is 15.2 Å². The number of rotatable bonds is 6. The lowest BCUT2D eigenvalue weighted by Crippen LogP contribution is -2.36. The third-order valence-corrected chi connectivity index (χ3v) is 4.23. The van der Waals surface area contributed by atoms with Crippen LogP contribution in [0.2, 0.25) is 0 Å². The van der Waals surface area contributed by atoms with Crippen molar-refractivity contribution in [3.63, 3.8) is 0 Å². The zero-order valence-corrected chi connectivity index (χ0v) is 18.7. The molecule has 3 rings (SSSR count). The molecule has 0 aliphatic carbocycles. The van der Waals surface area contributed by atoms with Gasteiger partial charge in [-0.15, -0.1) is 24.0 Å². The zero-order valence-electron chi connectivity index (χ0n) is 16.3. The van der Waals surface area contributed by atoms with Gasteiger partial charge in [-0.1, -0.05) is 18.2 Å². The van der Waals surface area contributed by atoms with Crippen LogP contribution in [0.25, 0.3) is 5.69 Å². The normalized spacial score (nSPS) is 11.1. The Bertz CT molecular complexity index is 954.